The van der Waals surface area contributed by atoms with Crippen LogP contribution in [0.15, 0.2) is 18.2 Å². The molecule has 19 heavy (non-hydrogen) atoms. The molecule has 1 N–H and O–H groups in total. The van der Waals surface area contributed by atoms with Crippen molar-refractivity contribution in [1.29, 1.82) is 0 Å². The van der Waals surface area contributed by atoms with Gasteiger partial charge in [0.1, 0.15) is 0 Å². The second-order valence-electron chi connectivity index (χ2n) is 4.62. The smallest absolute Gasteiger partial charge is 0.311 e. The largest absolute Gasteiger partial charge is 0.490 e. The van der Waals surface area contributed by atoms with E-state index in [9.17, 15) is 10.1 Å². The second-order valence-corrected chi connectivity index (χ2v) is 4.62. The van der Waals surface area contributed by atoms with Gasteiger partial charge in [0.2, 0.25) is 0 Å². The number of methoxy groups -OCH3 is 1. The third-order valence-electron chi connectivity index (χ3n) is 3.33. The van der Waals surface area contributed by atoms with Gasteiger partial charge >= 0.3 is 5.69 Å². The van der Waals surface area contributed by atoms with E-state index in [1.54, 1.807) is 12.1 Å². The maximum Gasteiger partial charge on any atom is 0.311 e. The molecule has 0 saturated carbocycles. The molecule has 1 heterocycles. The van der Waals surface area contributed by atoms with Crippen molar-refractivity contribution < 1.29 is 9.66 Å². The SMILES string of the molecule is COc1cc(NCCN2CCCC2)ccc1[N+](=O)[O-]. The summed E-state index contributed by atoms with van der Waals surface area (Å²) in [6.45, 7) is 4.18. The van der Waals surface area contributed by atoms with Crippen LogP contribution in [0.1, 0.15) is 12.8 Å². The van der Waals surface area contributed by atoms with Crippen LogP contribution < -0.4 is 10.1 Å². The second kappa shape index (κ2) is 6.38. The minimum absolute atomic E-state index is 0.00686. The first-order chi connectivity index (χ1) is 9.20. The monoisotopic (exact) mass is 265 g/mol. The Kier molecular flexibility index (Phi) is 4.57. The first kappa shape index (κ1) is 13.6. The quantitative estimate of drug-likeness (QED) is 0.630. The van der Waals surface area contributed by atoms with Gasteiger partial charge in [-0.25, -0.2) is 0 Å². The number of nitrogens with one attached hydrogen (secondary N) is 1. The highest BCUT2D eigenvalue weighted by Crippen LogP contribution is 2.29. The summed E-state index contributed by atoms with van der Waals surface area (Å²) < 4.78 is 5.03. The Labute approximate surface area is 112 Å². The molecule has 0 unspecified atom stereocenters. The molecule has 2 rings (SSSR count). The van der Waals surface area contributed by atoms with Crippen LogP contribution in [0.3, 0.4) is 0 Å². The van der Waals surface area contributed by atoms with Crippen molar-refractivity contribution in [2.24, 2.45) is 0 Å². The lowest BCUT2D eigenvalue weighted by Gasteiger charge is -2.15. The highest BCUT2D eigenvalue weighted by molar-refractivity contribution is 5.57. The molecule has 0 bridgehead atoms. The lowest BCUT2D eigenvalue weighted by molar-refractivity contribution is -0.385. The number of likely N-dealkylation sites (tertiary alicyclic amines) is 1. The van der Waals surface area contributed by atoms with E-state index in [2.05, 4.69) is 10.2 Å². The molecule has 0 aliphatic carbocycles. The Bertz CT molecular complexity index is 445. The first-order valence-electron chi connectivity index (χ1n) is 6.49. The summed E-state index contributed by atoms with van der Waals surface area (Å²) >= 11 is 0. The first-order valence-corrected chi connectivity index (χ1v) is 6.49. The molecule has 1 aliphatic heterocycles. The van der Waals surface area contributed by atoms with Gasteiger partial charge in [-0.3, -0.25) is 10.1 Å². The molecule has 0 aromatic heterocycles. The van der Waals surface area contributed by atoms with E-state index >= 15 is 0 Å². The lowest BCUT2D eigenvalue weighted by atomic mass is 10.2. The number of nitro benzene ring substituents is 1. The topological polar surface area (TPSA) is 67.6 Å². The maximum absolute atomic E-state index is 10.8. The van der Waals surface area contributed by atoms with Gasteiger partial charge in [-0.15, -0.1) is 0 Å². The predicted molar refractivity (Wildman–Crippen MR) is 73.8 cm³/mol. The fraction of sp³-hybridized carbons (Fsp3) is 0.538. The molecule has 1 aromatic carbocycles. The normalized spacial score (nSPS) is 15.4. The van der Waals surface area contributed by atoms with E-state index in [0.29, 0.717) is 0 Å². The standard InChI is InChI=1S/C13H19N3O3/c1-19-13-10-11(4-5-12(13)16(17)18)14-6-9-15-7-2-3-8-15/h4-5,10,14H,2-3,6-9H2,1H3. The summed E-state index contributed by atoms with van der Waals surface area (Å²) in [5.74, 6) is 0.288. The summed E-state index contributed by atoms with van der Waals surface area (Å²) in [6, 6.07) is 4.85. The molecule has 6 heteroatoms. The zero-order valence-electron chi connectivity index (χ0n) is 11.1. The fourth-order valence-electron chi connectivity index (χ4n) is 2.30. The van der Waals surface area contributed by atoms with E-state index < -0.39 is 4.92 Å². The molecule has 0 radical (unpaired) electrons. The van der Waals surface area contributed by atoms with Gasteiger partial charge in [0, 0.05) is 30.9 Å². The number of rotatable bonds is 6. The van der Waals surface area contributed by atoms with Gasteiger partial charge in [0.15, 0.2) is 5.75 Å². The number of hydrogen-bond acceptors (Lipinski definition) is 5. The Balaban J connectivity index is 1.91. The van der Waals surface area contributed by atoms with Crippen molar-refractivity contribution in [3.8, 4) is 5.75 Å². The third-order valence-corrected chi connectivity index (χ3v) is 3.33. The zero-order valence-corrected chi connectivity index (χ0v) is 11.1. The predicted octanol–water partition coefficient (Wildman–Crippen LogP) is 2.11. The van der Waals surface area contributed by atoms with Gasteiger partial charge in [0.05, 0.1) is 12.0 Å². The summed E-state index contributed by atoms with van der Waals surface area (Å²) in [4.78, 5) is 12.8. The van der Waals surface area contributed by atoms with Crippen LogP contribution in [0.4, 0.5) is 11.4 Å². The minimum atomic E-state index is -0.438. The summed E-state index contributed by atoms with van der Waals surface area (Å²) in [7, 11) is 1.44. The van der Waals surface area contributed by atoms with Crippen LogP contribution in [-0.4, -0.2) is 43.1 Å². The Hall–Kier alpha value is -1.82. The Morgan fingerprint density at radius 3 is 2.79 bits per heavy atom. The molecule has 0 amide bonds. The molecule has 104 valence electrons. The molecule has 1 fully saturated rings. The van der Waals surface area contributed by atoms with Crippen molar-refractivity contribution in [3.63, 3.8) is 0 Å². The van der Waals surface area contributed by atoms with Gasteiger partial charge in [0.25, 0.3) is 0 Å². The minimum Gasteiger partial charge on any atom is -0.490 e. The van der Waals surface area contributed by atoms with Gasteiger partial charge < -0.3 is 15.0 Å². The molecule has 1 aliphatic rings. The number of ether oxygens (including phenoxy) is 1. The highest BCUT2D eigenvalue weighted by atomic mass is 16.6. The maximum atomic E-state index is 10.8. The van der Waals surface area contributed by atoms with Crippen LogP contribution in [0, 0.1) is 10.1 Å². The van der Waals surface area contributed by atoms with Crippen molar-refractivity contribution in [3.05, 3.63) is 28.3 Å². The Morgan fingerprint density at radius 1 is 1.42 bits per heavy atom. The molecule has 1 saturated heterocycles. The summed E-state index contributed by atoms with van der Waals surface area (Å²) in [6.07, 6.45) is 2.57. The van der Waals surface area contributed by atoms with E-state index in [0.717, 1.165) is 18.8 Å². The molecule has 6 nitrogen and oxygen atoms in total. The number of nitro groups is 1. The summed E-state index contributed by atoms with van der Waals surface area (Å²) in [5.41, 5.74) is 0.842. The van der Waals surface area contributed by atoms with E-state index in [1.807, 2.05) is 0 Å². The Morgan fingerprint density at radius 2 is 2.16 bits per heavy atom. The number of hydrogen-bond donors (Lipinski definition) is 1. The molecular weight excluding hydrogens is 246 g/mol. The van der Waals surface area contributed by atoms with Crippen LogP contribution >= 0.6 is 0 Å². The van der Waals surface area contributed by atoms with Gasteiger partial charge in [-0.1, -0.05) is 0 Å². The van der Waals surface area contributed by atoms with E-state index in [4.69, 9.17) is 4.74 Å². The fourth-order valence-corrected chi connectivity index (χ4v) is 2.30. The highest BCUT2D eigenvalue weighted by Gasteiger charge is 2.15. The van der Waals surface area contributed by atoms with Crippen LogP contribution in [0.2, 0.25) is 0 Å². The van der Waals surface area contributed by atoms with Crippen LogP contribution in [0.25, 0.3) is 0 Å². The third kappa shape index (κ3) is 3.57. The zero-order chi connectivity index (χ0) is 13.7. The van der Waals surface area contributed by atoms with Gasteiger partial charge in [-0.05, 0) is 32.0 Å². The van der Waals surface area contributed by atoms with Crippen molar-refractivity contribution in [2.45, 2.75) is 12.8 Å². The number of anilines is 1. The summed E-state index contributed by atoms with van der Waals surface area (Å²) in [5, 5.41) is 14.0. The van der Waals surface area contributed by atoms with Crippen molar-refractivity contribution in [1.82, 2.24) is 4.90 Å². The van der Waals surface area contributed by atoms with E-state index in [1.165, 1.54) is 39.1 Å². The van der Waals surface area contributed by atoms with Crippen molar-refractivity contribution >= 4 is 11.4 Å². The van der Waals surface area contributed by atoms with Crippen LogP contribution in [-0.2, 0) is 0 Å². The number of nitrogens with zero attached hydrogens (tertiary/aromatic N) is 2. The molecular formula is C13H19N3O3. The van der Waals surface area contributed by atoms with E-state index in [-0.39, 0.29) is 11.4 Å². The van der Waals surface area contributed by atoms with Gasteiger partial charge in [-0.2, -0.15) is 0 Å². The molecule has 0 spiro atoms. The average Bonchev–Trinajstić information content (AvgIpc) is 2.91. The number of benzene rings is 1. The van der Waals surface area contributed by atoms with Crippen molar-refractivity contribution in [2.75, 3.05) is 38.6 Å². The lowest BCUT2D eigenvalue weighted by Crippen LogP contribution is -2.25. The van der Waals surface area contributed by atoms with Crippen LogP contribution in [0.5, 0.6) is 5.75 Å². The average molecular weight is 265 g/mol. The molecule has 0 atom stereocenters. The molecule has 1 aromatic rings.